The Balaban J connectivity index is 0.000000431. The predicted octanol–water partition coefficient (Wildman–Crippen LogP) is 6.14. The highest BCUT2D eigenvalue weighted by Crippen LogP contribution is 2.34. The Morgan fingerprint density at radius 1 is 0.808 bits per heavy atom. The highest BCUT2D eigenvalue weighted by Gasteiger charge is 2.21. The maximum absolute atomic E-state index is 9.75. The summed E-state index contributed by atoms with van der Waals surface area (Å²) in [5.74, 6) is 1.71. The molecule has 0 atom stereocenters. The quantitative estimate of drug-likeness (QED) is 0.227. The van der Waals surface area contributed by atoms with Gasteiger partial charge >= 0.3 is 22.6 Å². The molecule has 0 bridgehead atoms. The summed E-state index contributed by atoms with van der Waals surface area (Å²) < 4.78 is 49.4. The Hall–Kier alpha value is -2.20. The average molecular weight is 403 g/mol. The van der Waals surface area contributed by atoms with Gasteiger partial charge in [-0.25, -0.2) is 0 Å². The van der Waals surface area contributed by atoms with Gasteiger partial charge in [-0.05, 0) is 48.5 Å². The molecular formula is C16H14BF4NO2S2. The fourth-order valence-corrected chi connectivity index (χ4v) is 4.11. The zero-order valence-electron chi connectivity index (χ0n) is 13.8. The second-order valence-electron chi connectivity index (χ2n) is 4.84. The molecule has 0 unspecified atom stereocenters. The maximum Gasteiger partial charge on any atom is 0.673 e. The van der Waals surface area contributed by atoms with Crippen molar-refractivity contribution in [1.29, 1.82) is 0 Å². The molecule has 0 fully saturated rings. The van der Waals surface area contributed by atoms with Crippen molar-refractivity contribution in [3.05, 3.63) is 48.5 Å². The van der Waals surface area contributed by atoms with Crippen LogP contribution in [0.3, 0.4) is 0 Å². The van der Waals surface area contributed by atoms with E-state index in [1.807, 2.05) is 48.5 Å². The third-order valence-electron chi connectivity index (χ3n) is 3.08. The van der Waals surface area contributed by atoms with Crippen molar-refractivity contribution in [2.24, 2.45) is 0 Å². The molecule has 0 amide bonds. The van der Waals surface area contributed by atoms with Crippen LogP contribution in [0.15, 0.2) is 48.5 Å². The van der Waals surface area contributed by atoms with Crippen LogP contribution < -0.4 is 9.47 Å². The van der Waals surface area contributed by atoms with Gasteiger partial charge in [0.05, 0.1) is 19.8 Å². The summed E-state index contributed by atoms with van der Waals surface area (Å²) in [7, 11) is 0.697. The molecule has 0 radical (unpaired) electrons. The Morgan fingerprint density at radius 3 is 1.65 bits per heavy atom. The van der Waals surface area contributed by atoms with Gasteiger partial charge in [-0.2, -0.15) is 4.98 Å². The van der Waals surface area contributed by atoms with Crippen LogP contribution >= 0.6 is 20.7 Å². The van der Waals surface area contributed by atoms with E-state index in [1.54, 1.807) is 34.9 Å². The number of benzene rings is 2. The van der Waals surface area contributed by atoms with E-state index < -0.39 is 7.25 Å². The minimum absolute atomic E-state index is 0.856. The first-order valence-electron chi connectivity index (χ1n) is 7.26. The summed E-state index contributed by atoms with van der Waals surface area (Å²) in [6.07, 6.45) is 0. The number of methoxy groups -OCH3 is 2. The molecule has 0 aliphatic rings. The number of hydrogen-bond donors (Lipinski definition) is 0. The van der Waals surface area contributed by atoms with Crippen molar-refractivity contribution in [2.75, 3.05) is 14.2 Å². The molecule has 3 nitrogen and oxygen atoms in total. The standard InChI is InChI=1S/C16H14NO2S2.BF4/c1-18-13-7-3-11(4-8-13)15-17-16(21-20-15)12-5-9-14(19-2)10-6-12;2-1(3,4)5/h3-10H,1-2H3;/q+1;-1. The third kappa shape index (κ3) is 6.27. The molecule has 10 heteroatoms. The van der Waals surface area contributed by atoms with Gasteiger partial charge in [0.2, 0.25) is 0 Å². The van der Waals surface area contributed by atoms with Crippen molar-refractivity contribution in [2.45, 2.75) is 0 Å². The first-order valence-corrected chi connectivity index (χ1v) is 9.41. The van der Waals surface area contributed by atoms with Gasteiger partial charge in [0, 0.05) is 5.56 Å². The van der Waals surface area contributed by atoms with Crippen LogP contribution in [0.4, 0.5) is 17.3 Å². The van der Waals surface area contributed by atoms with Crippen LogP contribution in [-0.2, 0) is 0 Å². The second kappa shape index (κ2) is 8.95. The van der Waals surface area contributed by atoms with Crippen LogP contribution in [0, 0.1) is 0 Å². The van der Waals surface area contributed by atoms with Crippen molar-refractivity contribution < 1.29 is 26.7 Å². The van der Waals surface area contributed by atoms with Crippen molar-refractivity contribution in [1.82, 2.24) is 4.98 Å². The number of rotatable bonds is 4. The fraction of sp³-hybridized carbons (Fsp3) is 0.125. The lowest BCUT2D eigenvalue weighted by Crippen LogP contribution is -2.02. The summed E-state index contributed by atoms with van der Waals surface area (Å²) in [5, 5.41) is 2.04. The highest BCUT2D eigenvalue weighted by molar-refractivity contribution is 7.71. The fourth-order valence-electron chi connectivity index (χ4n) is 1.90. The Bertz CT molecular complexity index is 756. The monoisotopic (exact) mass is 403 g/mol. The molecule has 0 N–H and O–H groups in total. The van der Waals surface area contributed by atoms with E-state index in [-0.39, 0.29) is 0 Å². The summed E-state index contributed by atoms with van der Waals surface area (Å²) >= 11 is 0. The van der Waals surface area contributed by atoms with E-state index in [1.165, 1.54) is 0 Å². The molecule has 0 saturated carbocycles. The lowest BCUT2D eigenvalue weighted by atomic mass is 10.2. The van der Waals surface area contributed by atoms with Crippen LogP contribution in [0.5, 0.6) is 11.5 Å². The molecule has 2 aromatic carbocycles. The molecule has 3 aromatic rings. The second-order valence-corrected chi connectivity index (χ2v) is 6.95. The maximum atomic E-state index is 9.75. The van der Waals surface area contributed by atoms with Gasteiger partial charge in [0.25, 0.3) is 0 Å². The van der Waals surface area contributed by atoms with Crippen molar-refractivity contribution >= 4 is 27.9 Å². The minimum atomic E-state index is -6.00. The van der Waals surface area contributed by atoms with Gasteiger partial charge in [-0.15, -0.1) is 0 Å². The van der Waals surface area contributed by atoms with Crippen LogP contribution in [0.1, 0.15) is 0 Å². The molecule has 26 heavy (non-hydrogen) atoms. The third-order valence-corrected chi connectivity index (χ3v) is 5.33. The summed E-state index contributed by atoms with van der Waals surface area (Å²) in [6.45, 7) is 0. The van der Waals surface area contributed by atoms with Crippen LogP contribution in [0.2, 0.25) is 0 Å². The Morgan fingerprint density at radius 2 is 1.23 bits per heavy atom. The zero-order chi connectivity index (χ0) is 19.2. The van der Waals surface area contributed by atoms with Crippen molar-refractivity contribution in [3.63, 3.8) is 0 Å². The van der Waals surface area contributed by atoms with E-state index in [2.05, 4.69) is 0 Å². The average Bonchev–Trinajstić information content (AvgIpc) is 3.10. The van der Waals surface area contributed by atoms with E-state index in [4.69, 9.17) is 14.5 Å². The number of ether oxygens (including phenoxy) is 2. The summed E-state index contributed by atoms with van der Waals surface area (Å²) in [5.41, 5.74) is 2.22. The van der Waals surface area contributed by atoms with Gasteiger partial charge in [0.1, 0.15) is 11.5 Å². The molecule has 3 rings (SSSR count). The van der Waals surface area contributed by atoms with E-state index in [0.29, 0.717) is 0 Å². The van der Waals surface area contributed by atoms with Crippen molar-refractivity contribution in [3.8, 4) is 32.6 Å². The molecule has 138 valence electrons. The molecule has 1 heterocycles. The first-order chi connectivity index (χ1) is 12.3. The molecule has 0 spiro atoms. The lowest BCUT2D eigenvalue weighted by molar-refractivity contribution is 0.368. The van der Waals surface area contributed by atoms with Gasteiger partial charge in [-0.1, -0.05) is 0 Å². The number of halogens is 4. The van der Waals surface area contributed by atoms with Gasteiger partial charge < -0.3 is 26.7 Å². The molecule has 0 aliphatic carbocycles. The van der Waals surface area contributed by atoms with Gasteiger partial charge in [-0.3, -0.25) is 0 Å². The number of nitrogens with zero attached hydrogens (tertiary/aromatic N) is 1. The molecule has 0 saturated heterocycles. The zero-order valence-corrected chi connectivity index (χ0v) is 15.4. The minimum Gasteiger partial charge on any atom is -0.497 e. The first kappa shape index (κ1) is 20.1. The van der Waals surface area contributed by atoms with E-state index in [9.17, 15) is 17.3 Å². The molecular weight excluding hydrogens is 389 g/mol. The summed E-state index contributed by atoms with van der Waals surface area (Å²) in [4.78, 5) is 4.72. The topological polar surface area (TPSA) is 31.4 Å². The largest absolute Gasteiger partial charge is 0.673 e. The molecule has 1 aromatic heterocycles. The SMILES string of the molecule is COc1ccc(-c2nc(-c3ccc(OC)cc3)[s+]s2)cc1.F[B-](F)(F)F. The highest BCUT2D eigenvalue weighted by atomic mass is 32.9. The van der Waals surface area contributed by atoms with E-state index >= 15 is 0 Å². The lowest BCUT2D eigenvalue weighted by Gasteiger charge is -1.99. The van der Waals surface area contributed by atoms with Gasteiger partial charge in [0.15, 0.2) is 15.3 Å². The Kier molecular flexibility index (Phi) is 6.93. The predicted molar refractivity (Wildman–Crippen MR) is 98.6 cm³/mol. The van der Waals surface area contributed by atoms with Crippen LogP contribution in [-0.4, -0.2) is 26.5 Å². The smallest absolute Gasteiger partial charge is 0.497 e. The van der Waals surface area contributed by atoms with Crippen LogP contribution in [0.25, 0.3) is 21.1 Å². The normalized spacial score (nSPS) is 10.7. The Labute approximate surface area is 155 Å². The summed E-state index contributed by atoms with van der Waals surface area (Å²) in [6, 6.07) is 15.9. The number of aromatic nitrogens is 1. The molecule has 0 aliphatic heterocycles. The number of hydrogen-bond acceptors (Lipinski definition) is 4. The van der Waals surface area contributed by atoms with E-state index in [0.717, 1.165) is 32.6 Å².